The fraction of sp³-hybridized carbons (Fsp3) is 0.387. The van der Waals surface area contributed by atoms with Crippen molar-refractivity contribution in [3.05, 3.63) is 147 Å². The molecule has 1 aromatic heterocycles. The molecule has 0 amide bonds. The van der Waals surface area contributed by atoms with E-state index >= 15 is 0 Å². The minimum absolute atomic E-state index is 0.0121. The monoisotopic (exact) mass is 885 g/mol. The second-order valence-electron chi connectivity index (χ2n) is 24.6. The van der Waals surface area contributed by atoms with Gasteiger partial charge >= 0.3 is 0 Å². The SMILES string of the molecule is Cc1ccc(-c2ccc3sc4c(c3c2)N(c2ccc3c(c2)C(C)(C)CCC3(C)C)c2cc(C)cc3c2B4c2cc(C(C)(C)C)ccc2N3c2cc3c(cc2C)C(C)(C)CCC3(C)C)c(C)c1. The molecule has 2 aliphatic carbocycles. The highest BCUT2D eigenvalue weighted by Crippen LogP contribution is 2.54. The van der Waals surface area contributed by atoms with Crippen LogP contribution in [0.2, 0.25) is 0 Å². The molecule has 0 unspecified atom stereocenters. The summed E-state index contributed by atoms with van der Waals surface area (Å²) in [6, 6.07) is 39.4. The number of aryl methyl sites for hydroxylation is 4. The van der Waals surface area contributed by atoms with E-state index in [1.807, 2.05) is 11.3 Å². The zero-order valence-electron chi connectivity index (χ0n) is 42.4. The van der Waals surface area contributed by atoms with Crippen molar-refractivity contribution in [1.29, 1.82) is 0 Å². The highest BCUT2D eigenvalue weighted by molar-refractivity contribution is 7.33. The largest absolute Gasteiger partial charge is 0.311 e. The summed E-state index contributed by atoms with van der Waals surface area (Å²) in [6.45, 7) is 36.0. The van der Waals surface area contributed by atoms with Crippen molar-refractivity contribution >= 4 is 78.0 Å². The van der Waals surface area contributed by atoms with E-state index < -0.39 is 0 Å². The Kier molecular flexibility index (Phi) is 9.39. The zero-order valence-corrected chi connectivity index (χ0v) is 43.3. The van der Waals surface area contributed by atoms with Gasteiger partial charge in [-0.05, 0) is 196 Å². The molecule has 0 saturated carbocycles. The summed E-state index contributed by atoms with van der Waals surface area (Å²) in [7, 11) is 0. The summed E-state index contributed by atoms with van der Waals surface area (Å²) in [5, 5.41) is 1.34. The maximum Gasteiger partial charge on any atom is 0.264 e. The van der Waals surface area contributed by atoms with Gasteiger partial charge in [0.25, 0.3) is 6.71 Å². The lowest BCUT2D eigenvalue weighted by Crippen LogP contribution is -2.60. The predicted octanol–water partition coefficient (Wildman–Crippen LogP) is 15.9. The Bertz CT molecular complexity index is 3200. The second-order valence-corrected chi connectivity index (χ2v) is 25.7. The molecule has 11 rings (SSSR count). The third-order valence-corrected chi connectivity index (χ3v) is 18.1. The molecule has 0 radical (unpaired) electrons. The number of benzene rings is 6. The van der Waals surface area contributed by atoms with Crippen LogP contribution in [-0.2, 0) is 27.1 Å². The van der Waals surface area contributed by atoms with Gasteiger partial charge in [0.1, 0.15) is 0 Å². The third-order valence-electron chi connectivity index (χ3n) is 16.9. The molecule has 66 heavy (non-hydrogen) atoms. The summed E-state index contributed by atoms with van der Waals surface area (Å²) in [5.74, 6) is 0. The molecule has 0 atom stereocenters. The first kappa shape index (κ1) is 43.5. The first-order chi connectivity index (χ1) is 30.9. The maximum absolute atomic E-state index is 2.71. The quantitative estimate of drug-likeness (QED) is 0.163. The van der Waals surface area contributed by atoms with Crippen LogP contribution >= 0.6 is 11.3 Å². The molecule has 3 heterocycles. The fourth-order valence-corrected chi connectivity index (χ4v) is 13.9. The van der Waals surface area contributed by atoms with Crippen molar-refractivity contribution in [3.8, 4) is 11.1 Å². The lowest BCUT2D eigenvalue weighted by molar-refractivity contribution is 0.332. The molecule has 0 saturated heterocycles. The van der Waals surface area contributed by atoms with Gasteiger partial charge in [-0.2, -0.15) is 0 Å². The molecule has 0 spiro atoms. The minimum Gasteiger partial charge on any atom is -0.311 e. The predicted molar refractivity (Wildman–Crippen MR) is 290 cm³/mol. The molecule has 2 aliphatic heterocycles. The summed E-state index contributed by atoms with van der Waals surface area (Å²) in [4.78, 5) is 5.40. The van der Waals surface area contributed by atoms with Crippen LogP contribution in [0.3, 0.4) is 0 Å². The summed E-state index contributed by atoms with van der Waals surface area (Å²) < 4.78 is 2.78. The van der Waals surface area contributed by atoms with Gasteiger partial charge in [0.2, 0.25) is 0 Å². The Morgan fingerprint density at radius 2 is 1.14 bits per heavy atom. The van der Waals surface area contributed by atoms with E-state index in [9.17, 15) is 0 Å². The molecule has 4 aliphatic rings. The van der Waals surface area contributed by atoms with Gasteiger partial charge in [-0.25, -0.2) is 0 Å². The highest BCUT2D eigenvalue weighted by Gasteiger charge is 2.47. The van der Waals surface area contributed by atoms with Crippen LogP contribution in [0.1, 0.15) is 152 Å². The van der Waals surface area contributed by atoms with Crippen molar-refractivity contribution in [2.75, 3.05) is 9.80 Å². The molecule has 336 valence electrons. The van der Waals surface area contributed by atoms with Gasteiger partial charge < -0.3 is 9.80 Å². The van der Waals surface area contributed by atoms with Gasteiger partial charge in [-0.1, -0.05) is 130 Å². The van der Waals surface area contributed by atoms with Gasteiger partial charge in [0, 0.05) is 43.3 Å². The molecule has 7 aromatic rings. The fourth-order valence-electron chi connectivity index (χ4n) is 12.6. The molecule has 0 bridgehead atoms. The smallest absolute Gasteiger partial charge is 0.264 e. The molecular formula is C62H69BN2S. The summed E-state index contributed by atoms with van der Waals surface area (Å²) >= 11 is 2.02. The van der Waals surface area contributed by atoms with Crippen LogP contribution in [0.4, 0.5) is 34.1 Å². The van der Waals surface area contributed by atoms with Gasteiger partial charge in [-0.3, -0.25) is 0 Å². The minimum atomic E-state index is -0.0121. The summed E-state index contributed by atoms with van der Waals surface area (Å²) in [5.41, 5.74) is 26.3. The number of nitrogens with zero attached hydrogens (tertiary/aromatic N) is 2. The number of anilines is 6. The molecule has 4 heteroatoms. The number of thiophene rings is 1. The Labute approximate surface area is 400 Å². The van der Waals surface area contributed by atoms with E-state index in [0.29, 0.717) is 0 Å². The molecule has 0 N–H and O–H groups in total. The van der Waals surface area contributed by atoms with Gasteiger partial charge in [-0.15, -0.1) is 11.3 Å². The van der Waals surface area contributed by atoms with Crippen LogP contribution in [0.15, 0.2) is 97.1 Å². The molecule has 0 fully saturated rings. The van der Waals surface area contributed by atoms with Crippen molar-refractivity contribution in [2.24, 2.45) is 0 Å². The Balaban J connectivity index is 1.25. The van der Waals surface area contributed by atoms with Crippen LogP contribution in [0.25, 0.3) is 21.2 Å². The van der Waals surface area contributed by atoms with Crippen molar-refractivity contribution in [3.63, 3.8) is 0 Å². The number of fused-ring (bicyclic) bond motifs is 8. The molecule has 6 aromatic carbocycles. The van der Waals surface area contributed by atoms with E-state index in [0.717, 1.165) is 0 Å². The van der Waals surface area contributed by atoms with Crippen LogP contribution in [0, 0.1) is 27.7 Å². The van der Waals surface area contributed by atoms with Crippen LogP contribution in [-0.4, -0.2) is 6.71 Å². The number of rotatable bonds is 3. The first-order valence-electron chi connectivity index (χ1n) is 24.8. The van der Waals surface area contributed by atoms with Crippen molar-refractivity contribution < 1.29 is 0 Å². The van der Waals surface area contributed by atoms with E-state index in [-0.39, 0.29) is 33.8 Å². The van der Waals surface area contributed by atoms with E-state index in [1.165, 1.54) is 147 Å². The highest BCUT2D eigenvalue weighted by atomic mass is 32.1. The average Bonchev–Trinajstić information content (AvgIpc) is 3.62. The van der Waals surface area contributed by atoms with E-state index in [2.05, 4.69) is 211 Å². The first-order valence-corrected chi connectivity index (χ1v) is 25.6. The van der Waals surface area contributed by atoms with Crippen LogP contribution < -0.4 is 25.5 Å². The maximum atomic E-state index is 2.71. The van der Waals surface area contributed by atoms with Gasteiger partial charge in [0.05, 0.1) is 5.69 Å². The van der Waals surface area contributed by atoms with Crippen molar-refractivity contribution in [1.82, 2.24) is 0 Å². The van der Waals surface area contributed by atoms with E-state index in [1.54, 1.807) is 0 Å². The second kappa shape index (κ2) is 14.2. The standard InChI is InChI=1S/C62H69BN2S/c1-36-16-20-43(38(3)28-36)40-17-23-54-44(32-40)56-57(66-54)63-49-33-41(58(5,6)7)18-22-50(49)65(51-35-48-46(31-39(51)4)60(10,11)26-27-62(48,14)15)53-30-37(2)29-52(55(53)63)64(56)42-19-21-45-47(34-42)61(12,13)25-24-59(45,8)9/h16-23,28-35H,24-27H2,1-15H3. The lowest BCUT2D eigenvalue weighted by atomic mass is 9.36. The third kappa shape index (κ3) is 6.47. The van der Waals surface area contributed by atoms with Gasteiger partial charge in [0.15, 0.2) is 0 Å². The lowest BCUT2D eigenvalue weighted by Gasteiger charge is -2.46. The van der Waals surface area contributed by atoms with Crippen LogP contribution in [0.5, 0.6) is 0 Å². The van der Waals surface area contributed by atoms with Crippen molar-refractivity contribution in [2.45, 2.75) is 157 Å². The summed E-state index contributed by atoms with van der Waals surface area (Å²) in [6.07, 6.45) is 4.77. The average molecular weight is 885 g/mol. The normalized spacial score (nSPS) is 18.4. The molecular weight excluding hydrogens is 816 g/mol. The molecule has 2 nitrogen and oxygen atoms in total. The zero-order chi connectivity index (χ0) is 46.8. The number of hydrogen-bond donors (Lipinski definition) is 0. The topological polar surface area (TPSA) is 6.48 Å². The Hall–Kier alpha value is -5.06. The number of hydrogen-bond acceptors (Lipinski definition) is 3. The Morgan fingerprint density at radius 1 is 0.515 bits per heavy atom. The Morgan fingerprint density at radius 3 is 1.79 bits per heavy atom. The van der Waals surface area contributed by atoms with E-state index in [4.69, 9.17) is 0 Å².